The van der Waals surface area contributed by atoms with Crippen LogP contribution in [0.15, 0.2) is 6.20 Å². The standard InChI is InChI=1S/C12H22N2O.BF4/c1-3-4-5-6-7-8-9-11-13-10-12(15)14(11)2;2-1(3,4)5/h10,15H,3-9H2,1-2H3;/q;-1/p+1. The van der Waals surface area contributed by atoms with Gasteiger partial charge in [-0.1, -0.05) is 39.0 Å². The first kappa shape index (κ1) is 18.8. The lowest BCUT2D eigenvalue weighted by Crippen LogP contribution is -2.31. The summed E-state index contributed by atoms with van der Waals surface area (Å²) in [5.74, 6) is 1.43. The SMILES string of the molecule is CCCCCCCCc1[nH]cc(O)[n+]1C.F[B-](F)(F)F. The van der Waals surface area contributed by atoms with Crippen LogP contribution in [0.2, 0.25) is 0 Å². The summed E-state index contributed by atoms with van der Waals surface area (Å²) in [5.41, 5.74) is 0. The number of H-pyrrole nitrogens is 1. The summed E-state index contributed by atoms with van der Waals surface area (Å²) in [5, 5.41) is 9.34. The summed E-state index contributed by atoms with van der Waals surface area (Å²) >= 11 is 0. The number of aromatic hydroxyl groups is 1. The molecule has 0 saturated carbocycles. The molecule has 0 aromatic carbocycles. The minimum atomic E-state index is -6.00. The van der Waals surface area contributed by atoms with Crippen molar-refractivity contribution in [2.45, 2.75) is 51.9 Å². The van der Waals surface area contributed by atoms with Crippen LogP contribution >= 0.6 is 0 Å². The number of nitrogens with one attached hydrogen (secondary N) is 1. The maximum Gasteiger partial charge on any atom is 0.673 e. The Hall–Kier alpha value is -1.21. The maximum absolute atomic E-state index is 9.75. The van der Waals surface area contributed by atoms with Gasteiger partial charge in [0.05, 0.1) is 7.05 Å². The molecule has 3 nitrogen and oxygen atoms in total. The predicted octanol–water partition coefficient (Wildman–Crippen LogP) is 3.75. The highest BCUT2D eigenvalue weighted by atomic mass is 19.5. The van der Waals surface area contributed by atoms with Crippen LogP contribution in [0.1, 0.15) is 51.3 Å². The summed E-state index contributed by atoms with van der Waals surface area (Å²) in [4.78, 5) is 3.09. The molecule has 118 valence electrons. The van der Waals surface area contributed by atoms with E-state index < -0.39 is 7.25 Å². The number of aromatic nitrogens is 2. The van der Waals surface area contributed by atoms with Gasteiger partial charge in [-0.15, -0.1) is 0 Å². The molecule has 1 heterocycles. The van der Waals surface area contributed by atoms with Crippen molar-refractivity contribution in [3.05, 3.63) is 12.0 Å². The Morgan fingerprint density at radius 3 is 2.05 bits per heavy atom. The molecule has 0 spiro atoms. The van der Waals surface area contributed by atoms with Crippen molar-refractivity contribution >= 4 is 7.25 Å². The van der Waals surface area contributed by atoms with Crippen LogP contribution in [-0.4, -0.2) is 17.3 Å². The van der Waals surface area contributed by atoms with Gasteiger partial charge in [0.1, 0.15) is 0 Å². The zero-order valence-corrected chi connectivity index (χ0v) is 12.0. The Labute approximate surface area is 117 Å². The third-order valence-corrected chi connectivity index (χ3v) is 2.88. The van der Waals surface area contributed by atoms with Gasteiger partial charge in [0.25, 0.3) is 5.82 Å². The first-order chi connectivity index (χ1) is 9.25. The Kier molecular flexibility index (Phi) is 9.08. The van der Waals surface area contributed by atoms with Gasteiger partial charge >= 0.3 is 13.1 Å². The normalized spacial score (nSPS) is 11.1. The highest BCUT2D eigenvalue weighted by Gasteiger charge is 2.20. The average Bonchev–Trinajstić information content (AvgIpc) is 2.63. The highest BCUT2D eigenvalue weighted by Crippen LogP contribution is 2.08. The van der Waals surface area contributed by atoms with Crippen molar-refractivity contribution in [3.63, 3.8) is 0 Å². The van der Waals surface area contributed by atoms with Gasteiger partial charge < -0.3 is 22.4 Å². The number of hydrogen-bond acceptors (Lipinski definition) is 1. The molecule has 0 radical (unpaired) electrons. The highest BCUT2D eigenvalue weighted by molar-refractivity contribution is 6.50. The molecular weight excluding hydrogens is 275 g/mol. The second kappa shape index (κ2) is 9.66. The monoisotopic (exact) mass is 298 g/mol. The molecule has 2 N–H and O–H groups in total. The number of nitrogens with zero attached hydrogens (tertiary/aromatic N) is 1. The van der Waals surface area contributed by atoms with Gasteiger partial charge in [-0.05, 0) is 6.42 Å². The smallest absolute Gasteiger partial charge is 0.475 e. The number of halogens is 4. The van der Waals surface area contributed by atoms with Crippen LogP contribution in [-0.2, 0) is 13.5 Å². The average molecular weight is 298 g/mol. The molecule has 8 heteroatoms. The molecule has 0 fully saturated rings. The largest absolute Gasteiger partial charge is 0.673 e. The number of aryl methyl sites for hydroxylation is 1. The Morgan fingerprint density at radius 1 is 1.10 bits per heavy atom. The quantitative estimate of drug-likeness (QED) is 0.342. The molecule has 0 amide bonds. The zero-order valence-electron chi connectivity index (χ0n) is 12.0. The van der Waals surface area contributed by atoms with Crippen molar-refractivity contribution < 1.29 is 26.9 Å². The lowest BCUT2D eigenvalue weighted by atomic mass is 10.1. The molecule has 0 aliphatic rings. The van der Waals surface area contributed by atoms with E-state index >= 15 is 0 Å². The molecule has 1 aromatic rings. The third-order valence-electron chi connectivity index (χ3n) is 2.88. The molecule has 0 saturated heterocycles. The summed E-state index contributed by atoms with van der Waals surface area (Å²) in [7, 11) is -4.11. The van der Waals surface area contributed by atoms with E-state index in [2.05, 4.69) is 11.9 Å². The molecule has 0 unspecified atom stereocenters. The maximum atomic E-state index is 9.75. The number of imidazole rings is 1. The Morgan fingerprint density at radius 2 is 1.60 bits per heavy atom. The van der Waals surface area contributed by atoms with Crippen LogP contribution in [0.25, 0.3) is 0 Å². The fourth-order valence-corrected chi connectivity index (χ4v) is 1.79. The van der Waals surface area contributed by atoms with E-state index in [1.165, 1.54) is 38.5 Å². The van der Waals surface area contributed by atoms with Crippen molar-refractivity contribution in [2.75, 3.05) is 0 Å². The summed E-state index contributed by atoms with van der Waals surface area (Å²) in [6, 6.07) is 0. The number of rotatable bonds is 7. The van der Waals surface area contributed by atoms with Crippen molar-refractivity contribution in [1.29, 1.82) is 0 Å². The first-order valence-electron chi connectivity index (χ1n) is 6.88. The molecule has 0 aliphatic carbocycles. The van der Waals surface area contributed by atoms with E-state index in [1.807, 2.05) is 11.6 Å². The van der Waals surface area contributed by atoms with E-state index in [0.717, 1.165) is 12.2 Å². The minimum absolute atomic E-state index is 0.316. The van der Waals surface area contributed by atoms with E-state index in [1.54, 1.807) is 6.20 Å². The molecule has 1 rings (SSSR count). The van der Waals surface area contributed by atoms with Gasteiger partial charge in [0.15, 0.2) is 6.20 Å². The summed E-state index contributed by atoms with van der Waals surface area (Å²) < 4.78 is 40.8. The van der Waals surface area contributed by atoms with Gasteiger partial charge in [-0.25, -0.2) is 9.55 Å². The van der Waals surface area contributed by atoms with Crippen LogP contribution in [0.5, 0.6) is 5.88 Å². The number of aromatic amines is 1. The molecule has 1 aromatic heterocycles. The van der Waals surface area contributed by atoms with Crippen molar-refractivity contribution in [1.82, 2.24) is 4.98 Å². The van der Waals surface area contributed by atoms with E-state index in [9.17, 15) is 22.4 Å². The van der Waals surface area contributed by atoms with Crippen molar-refractivity contribution in [3.8, 4) is 5.88 Å². The van der Waals surface area contributed by atoms with Gasteiger partial charge in [-0.2, -0.15) is 0 Å². The van der Waals surface area contributed by atoms with E-state index in [0.29, 0.717) is 5.88 Å². The lowest BCUT2D eigenvalue weighted by Gasteiger charge is -1.98. The minimum Gasteiger partial charge on any atom is -0.475 e. The lowest BCUT2D eigenvalue weighted by molar-refractivity contribution is -0.683. The fourth-order valence-electron chi connectivity index (χ4n) is 1.79. The van der Waals surface area contributed by atoms with Gasteiger partial charge in [0, 0.05) is 6.42 Å². The van der Waals surface area contributed by atoms with Crippen LogP contribution in [0, 0.1) is 0 Å². The second-order valence-corrected chi connectivity index (χ2v) is 4.67. The molecule has 20 heavy (non-hydrogen) atoms. The van der Waals surface area contributed by atoms with Crippen LogP contribution < -0.4 is 4.57 Å². The molecular formula is C12H23BF4N2O. The number of unbranched alkanes of at least 4 members (excludes halogenated alkanes) is 5. The van der Waals surface area contributed by atoms with Gasteiger partial charge in [-0.3, -0.25) is 0 Å². The second-order valence-electron chi connectivity index (χ2n) is 4.67. The summed E-state index contributed by atoms with van der Waals surface area (Å²) in [6.45, 7) is 2.24. The van der Waals surface area contributed by atoms with Crippen molar-refractivity contribution in [2.24, 2.45) is 7.05 Å². The topological polar surface area (TPSA) is 39.9 Å². The predicted molar refractivity (Wildman–Crippen MR) is 70.9 cm³/mol. The summed E-state index contributed by atoms with van der Waals surface area (Å²) in [6.07, 6.45) is 10.5. The molecule has 0 bridgehead atoms. The van der Waals surface area contributed by atoms with Gasteiger partial charge in [0.2, 0.25) is 0 Å². The first-order valence-corrected chi connectivity index (χ1v) is 6.88. The fraction of sp³-hybridized carbons (Fsp3) is 0.750. The van der Waals surface area contributed by atoms with Crippen LogP contribution in [0.3, 0.4) is 0 Å². The van der Waals surface area contributed by atoms with E-state index in [-0.39, 0.29) is 0 Å². The third kappa shape index (κ3) is 10.7. The Bertz CT molecular complexity index is 363. The Balaban J connectivity index is 0.000000621. The number of hydrogen-bond donors (Lipinski definition) is 2. The molecule has 0 aliphatic heterocycles. The zero-order chi connectivity index (χ0) is 15.6. The van der Waals surface area contributed by atoms with Crippen LogP contribution in [0.4, 0.5) is 17.3 Å². The van der Waals surface area contributed by atoms with E-state index in [4.69, 9.17) is 0 Å². The molecule has 0 atom stereocenters.